The number of nitrogens with zero attached hydrogens (tertiary/aromatic N) is 1. The van der Waals surface area contributed by atoms with Crippen LogP contribution in [0.25, 0.3) is 0 Å². The topological polar surface area (TPSA) is 114 Å². The molecule has 0 fully saturated rings. The van der Waals surface area contributed by atoms with Crippen molar-refractivity contribution in [3.05, 3.63) is 40.9 Å². The number of para-hydroxylation sites is 1. The van der Waals surface area contributed by atoms with E-state index in [4.69, 9.17) is 27.9 Å². The summed E-state index contributed by atoms with van der Waals surface area (Å²) >= 11 is 11.8. The van der Waals surface area contributed by atoms with Crippen molar-refractivity contribution in [2.24, 2.45) is 5.92 Å². The molecule has 1 unspecified atom stereocenters. The molecule has 14 heteroatoms. The van der Waals surface area contributed by atoms with Crippen molar-refractivity contribution in [2.75, 3.05) is 17.2 Å². The van der Waals surface area contributed by atoms with E-state index >= 15 is 0 Å². The summed E-state index contributed by atoms with van der Waals surface area (Å²) in [5.74, 6) is -7.25. The van der Waals surface area contributed by atoms with Crippen molar-refractivity contribution in [1.82, 2.24) is 4.98 Å². The Morgan fingerprint density at radius 1 is 1.16 bits per heavy atom. The first-order chi connectivity index (χ1) is 15.0. The standard InChI is InChI=1S/C18H14Cl2F3N3O5S/c1-2-31-16(30)10(14(28)26-17-24-6-7-32-17)12(27)8-4-3-5-9(18(21,22)23)11(8)25-15(29)13(19)20/h3-7,10,13H,2H2,1H3,(H,25,29)(H,24,26,28). The van der Waals surface area contributed by atoms with Crippen LogP contribution in [0.2, 0.25) is 0 Å². The zero-order valence-electron chi connectivity index (χ0n) is 16.0. The van der Waals surface area contributed by atoms with Gasteiger partial charge in [0.1, 0.15) is 0 Å². The molecule has 0 saturated heterocycles. The predicted octanol–water partition coefficient (Wildman–Crippen LogP) is 3.90. The number of carbonyl (C=O) groups excluding carboxylic acids is 4. The number of rotatable bonds is 8. The predicted molar refractivity (Wildman–Crippen MR) is 111 cm³/mol. The molecule has 2 amide bonds. The lowest BCUT2D eigenvalue weighted by Crippen LogP contribution is -2.38. The number of ether oxygens (including phenoxy) is 1. The fraction of sp³-hybridized carbons (Fsp3) is 0.278. The molecule has 32 heavy (non-hydrogen) atoms. The number of amides is 2. The number of anilines is 2. The summed E-state index contributed by atoms with van der Waals surface area (Å²) in [7, 11) is 0. The normalized spacial score (nSPS) is 12.2. The number of aromatic nitrogens is 1. The summed E-state index contributed by atoms with van der Waals surface area (Å²) in [6, 6.07) is 2.39. The fourth-order valence-corrected chi connectivity index (χ4v) is 3.12. The van der Waals surface area contributed by atoms with Gasteiger partial charge >= 0.3 is 12.1 Å². The molecule has 2 rings (SSSR count). The van der Waals surface area contributed by atoms with Crippen LogP contribution in [0, 0.1) is 5.92 Å². The van der Waals surface area contributed by atoms with E-state index in [-0.39, 0.29) is 11.7 Å². The second kappa shape index (κ2) is 10.7. The van der Waals surface area contributed by atoms with E-state index in [1.807, 2.05) is 5.32 Å². The summed E-state index contributed by atoms with van der Waals surface area (Å²) in [5, 5.41) is 5.62. The van der Waals surface area contributed by atoms with Crippen LogP contribution in [0.4, 0.5) is 24.0 Å². The average Bonchev–Trinajstić information content (AvgIpc) is 3.20. The summed E-state index contributed by atoms with van der Waals surface area (Å²) in [4.78, 5) is 52.1. The molecule has 1 aromatic heterocycles. The van der Waals surface area contributed by atoms with Crippen LogP contribution in [0.1, 0.15) is 22.8 Å². The third kappa shape index (κ3) is 6.17. The molecule has 2 N–H and O–H groups in total. The number of nitrogens with one attached hydrogen (secondary N) is 2. The van der Waals surface area contributed by atoms with Crippen LogP contribution in [0.5, 0.6) is 0 Å². The number of halogens is 5. The molecule has 0 aliphatic carbocycles. The lowest BCUT2D eigenvalue weighted by molar-refractivity contribution is -0.148. The third-order valence-corrected chi connectivity index (χ3v) is 4.88. The largest absolute Gasteiger partial charge is 0.465 e. The van der Waals surface area contributed by atoms with E-state index in [0.29, 0.717) is 6.07 Å². The van der Waals surface area contributed by atoms with E-state index < -0.39 is 57.3 Å². The van der Waals surface area contributed by atoms with Crippen LogP contribution in [-0.4, -0.2) is 40.0 Å². The number of esters is 1. The first kappa shape index (κ1) is 25.6. The molecule has 172 valence electrons. The Kier molecular flexibility index (Phi) is 8.58. The maximum Gasteiger partial charge on any atom is 0.418 e. The zero-order valence-corrected chi connectivity index (χ0v) is 18.4. The van der Waals surface area contributed by atoms with Crippen LogP contribution in [0.3, 0.4) is 0 Å². The van der Waals surface area contributed by atoms with Crippen LogP contribution >= 0.6 is 34.5 Å². The van der Waals surface area contributed by atoms with Crippen molar-refractivity contribution in [3.63, 3.8) is 0 Å². The lowest BCUT2D eigenvalue weighted by Gasteiger charge is -2.20. The van der Waals surface area contributed by atoms with Crippen molar-refractivity contribution in [2.45, 2.75) is 17.9 Å². The monoisotopic (exact) mass is 511 g/mol. The Labute approximate surface area is 193 Å². The van der Waals surface area contributed by atoms with Gasteiger partial charge in [0.15, 0.2) is 21.7 Å². The Bertz CT molecular complexity index is 1020. The molecule has 0 aliphatic heterocycles. The van der Waals surface area contributed by atoms with Crippen LogP contribution < -0.4 is 10.6 Å². The van der Waals surface area contributed by atoms with Gasteiger partial charge in [0.05, 0.1) is 17.9 Å². The number of hydrogen-bond donors (Lipinski definition) is 2. The van der Waals surface area contributed by atoms with Crippen molar-refractivity contribution in [3.8, 4) is 0 Å². The van der Waals surface area contributed by atoms with Crippen molar-refractivity contribution < 1.29 is 37.1 Å². The molecule has 1 heterocycles. The highest BCUT2D eigenvalue weighted by atomic mass is 35.5. The van der Waals surface area contributed by atoms with Gasteiger partial charge in [0.2, 0.25) is 5.91 Å². The highest BCUT2D eigenvalue weighted by molar-refractivity contribution is 7.13. The smallest absolute Gasteiger partial charge is 0.418 e. The highest BCUT2D eigenvalue weighted by Crippen LogP contribution is 2.38. The maximum atomic E-state index is 13.5. The van der Waals surface area contributed by atoms with Gasteiger partial charge in [-0.3, -0.25) is 19.2 Å². The molecule has 1 atom stereocenters. The SMILES string of the molecule is CCOC(=O)C(C(=O)Nc1nccs1)C(=O)c1cccc(C(F)(F)F)c1NC(=O)C(Cl)Cl. The number of ketones is 1. The van der Waals surface area contributed by atoms with Gasteiger partial charge in [-0.15, -0.1) is 11.3 Å². The average molecular weight is 512 g/mol. The molecule has 2 aromatic rings. The number of carbonyl (C=O) groups is 4. The van der Waals surface area contributed by atoms with E-state index in [1.54, 1.807) is 0 Å². The molecule has 0 spiro atoms. The quantitative estimate of drug-likeness (QED) is 0.240. The third-order valence-electron chi connectivity index (χ3n) is 3.79. The minimum Gasteiger partial charge on any atom is -0.465 e. The molecule has 0 saturated carbocycles. The Morgan fingerprint density at radius 3 is 2.38 bits per heavy atom. The molecule has 0 radical (unpaired) electrons. The Balaban J connectivity index is 2.57. The highest BCUT2D eigenvalue weighted by Gasteiger charge is 2.41. The number of alkyl halides is 5. The molecular formula is C18H14Cl2F3N3O5S. The summed E-state index contributed by atoms with van der Waals surface area (Å²) < 4.78 is 45.3. The minimum absolute atomic E-state index is 0.0433. The second-order valence-corrected chi connectivity index (χ2v) is 7.88. The Hall–Kier alpha value is -2.70. The van der Waals surface area contributed by atoms with E-state index in [1.165, 1.54) is 18.5 Å². The number of thiazole rings is 1. The van der Waals surface area contributed by atoms with Gasteiger partial charge < -0.3 is 15.4 Å². The second-order valence-electron chi connectivity index (χ2n) is 5.89. The van der Waals surface area contributed by atoms with Gasteiger partial charge in [-0.2, -0.15) is 13.2 Å². The van der Waals surface area contributed by atoms with Gasteiger partial charge in [-0.1, -0.05) is 29.3 Å². The summed E-state index contributed by atoms with van der Waals surface area (Å²) in [6.45, 7) is 1.20. The van der Waals surface area contributed by atoms with Gasteiger partial charge in [0, 0.05) is 17.1 Å². The Morgan fingerprint density at radius 2 is 1.84 bits per heavy atom. The first-order valence-electron chi connectivity index (χ1n) is 8.67. The first-order valence-corrected chi connectivity index (χ1v) is 10.4. The van der Waals surface area contributed by atoms with E-state index in [9.17, 15) is 32.3 Å². The van der Waals surface area contributed by atoms with Crippen molar-refractivity contribution >= 4 is 68.9 Å². The minimum atomic E-state index is -5.00. The fourth-order valence-electron chi connectivity index (χ4n) is 2.48. The summed E-state index contributed by atoms with van der Waals surface area (Å²) in [6.07, 6.45) is -3.66. The number of hydrogen-bond acceptors (Lipinski definition) is 7. The van der Waals surface area contributed by atoms with Crippen LogP contribution in [0.15, 0.2) is 29.8 Å². The van der Waals surface area contributed by atoms with E-state index in [2.05, 4.69) is 10.3 Å². The van der Waals surface area contributed by atoms with Gasteiger partial charge in [-0.25, -0.2) is 4.98 Å². The van der Waals surface area contributed by atoms with Crippen LogP contribution in [-0.2, 0) is 25.3 Å². The molecule has 0 bridgehead atoms. The van der Waals surface area contributed by atoms with E-state index in [0.717, 1.165) is 23.5 Å². The van der Waals surface area contributed by atoms with Gasteiger partial charge in [0.25, 0.3) is 5.91 Å². The van der Waals surface area contributed by atoms with Gasteiger partial charge in [-0.05, 0) is 19.1 Å². The number of benzene rings is 1. The molecule has 8 nitrogen and oxygen atoms in total. The summed E-state index contributed by atoms with van der Waals surface area (Å²) in [5.41, 5.74) is -3.18. The maximum absolute atomic E-state index is 13.5. The molecule has 1 aromatic carbocycles. The van der Waals surface area contributed by atoms with Crippen molar-refractivity contribution in [1.29, 1.82) is 0 Å². The molecular weight excluding hydrogens is 498 g/mol. The zero-order chi connectivity index (χ0) is 24.1. The molecule has 0 aliphatic rings. The lowest BCUT2D eigenvalue weighted by atomic mass is 9.93. The number of Topliss-reactive ketones (excluding diaryl/α,β-unsaturated/α-hetero) is 1.